The molecule has 2 atom stereocenters. The molecule has 1 rings (SSSR count). The summed E-state index contributed by atoms with van der Waals surface area (Å²) in [5, 5.41) is 13.4. The predicted octanol–water partition coefficient (Wildman–Crippen LogP) is 1.54. The normalized spacial score (nSPS) is 13.6. The Morgan fingerprint density at radius 1 is 1.52 bits per heavy atom. The van der Waals surface area contributed by atoms with E-state index in [0.717, 1.165) is 0 Å². The largest absolute Gasteiger partial charge is 0.491 e. The minimum Gasteiger partial charge on any atom is -0.491 e. The van der Waals surface area contributed by atoms with Crippen LogP contribution < -0.4 is 10.1 Å². The molecule has 21 heavy (non-hydrogen) atoms. The van der Waals surface area contributed by atoms with E-state index in [1.165, 1.54) is 0 Å². The van der Waals surface area contributed by atoms with Crippen molar-refractivity contribution in [2.45, 2.75) is 26.0 Å². The Morgan fingerprint density at radius 3 is 2.86 bits per heavy atom. The van der Waals surface area contributed by atoms with Gasteiger partial charge in [-0.15, -0.1) is 0 Å². The van der Waals surface area contributed by atoms with Crippen LogP contribution in [0, 0.1) is 0 Å². The first kappa shape index (κ1) is 17.8. The quantitative estimate of drug-likeness (QED) is 0.764. The first-order valence-electron chi connectivity index (χ1n) is 6.98. The van der Waals surface area contributed by atoms with Gasteiger partial charge in [-0.3, -0.25) is 4.79 Å². The summed E-state index contributed by atoms with van der Waals surface area (Å²) in [6.45, 7) is 4.77. The van der Waals surface area contributed by atoms with Gasteiger partial charge in [-0.1, -0.05) is 17.7 Å². The maximum atomic E-state index is 11.8. The standard InChI is InChI=1S/C15H23ClN2O3/c1-4-18(3)15(20)11(2)17-9-13(19)10-21-14-7-5-6-12(16)8-14/h5-8,11,13,17,19H,4,9-10H2,1-3H3. The van der Waals surface area contributed by atoms with Crippen LogP contribution in [0.3, 0.4) is 0 Å². The van der Waals surface area contributed by atoms with Crippen LogP contribution in [-0.4, -0.2) is 54.8 Å². The van der Waals surface area contributed by atoms with E-state index in [4.69, 9.17) is 16.3 Å². The number of likely N-dealkylation sites (N-methyl/N-ethyl adjacent to an activating group) is 1. The van der Waals surface area contributed by atoms with Gasteiger partial charge >= 0.3 is 0 Å². The lowest BCUT2D eigenvalue weighted by atomic mass is 10.2. The van der Waals surface area contributed by atoms with Crippen molar-refractivity contribution in [1.29, 1.82) is 0 Å². The molecule has 1 aromatic rings. The minimum atomic E-state index is -0.703. The number of rotatable bonds is 8. The Bertz CT molecular complexity index is 456. The van der Waals surface area contributed by atoms with Crippen molar-refractivity contribution in [3.63, 3.8) is 0 Å². The Morgan fingerprint density at radius 2 is 2.24 bits per heavy atom. The zero-order valence-electron chi connectivity index (χ0n) is 12.7. The second kappa shape index (κ2) is 8.87. The van der Waals surface area contributed by atoms with E-state index in [0.29, 0.717) is 17.3 Å². The van der Waals surface area contributed by atoms with Crippen LogP contribution >= 0.6 is 11.6 Å². The molecular weight excluding hydrogens is 292 g/mol. The molecule has 0 radical (unpaired) electrons. The van der Waals surface area contributed by atoms with E-state index in [-0.39, 0.29) is 25.1 Å². The molecule has 118 valence electrons. The van der Waals surface area contributed by atoms with Gasteiger partial charge in [-0.2, -0.15) is 0 Å². The summed E-state index contributed by atoms with van der Waals surface area (Å²) in [6.07, 6.45) is -0.703. The summed E-state index contributed by atoms with van der Waals surface area (Å²) in [5.74, 6) is 0.608. The van der Waals surface area contributed by atoms with E-state index in [2.05, 4.69) is 5.32 Å². The van der Waals surface area contributed by atoms with Gasteiger partial charge < -0.3 is 20.1 Å². The third-order valence-corrected chi connectivity index (χ3v) is 3.35. The SMILES string of the molecule is CCN(C)C(=O)C(C)NCC(O)COc1cccc(Cl)c1. The number of carbonyl (C=O) groups is 1. The van der Waals surface area contributed by atoms with Crippen LogP contribution in [0.2, 0.25) is 5.02 Å². The molecule has 0 saturated heterocycles. The Kier molecular flexibility index (Phi) is 7.50. The molecule has 0 spiro atoms. The van der Waals surface area contributed by atoms with Crippen LogP contribution in [0.1, 0.15) is 13.8 Å². The molecule has 0 fully saturated rings. The fraction of sp³-hybridized carbons (Fsp3) is 0.533. The number of aliphatic hydroxyl groups excluding tert-OH is 1. The predicted molar refractivity (Wildman–Crippen MR) is 83.7 cm³/mol. The maximum Gasteiger partial charge on any atom is 0.239 e. The Hall–Kier alpha value is -1.30. The van der Waals surface area contributed by atoms with Crippen LogP contribution in [0.25, 0.3) is 0 Å². The van der Waals surface area contributed by atoms with Crippen molar-refractivity contribution < 1.29 is 14.6 Å². The maximum absolute atomic E-state index is 11.8. The second-order valence-electron chi connectivity index (χ2n) is 4.90. The van der Waals surface area contributed by atoms with Gasteiger partial charge in [0.15, 0.2) is 0 Å². The molecular formula is C15H23ClN2O3. The van der Waals surface area contributed by atoms with Gasteiger partial charge in [0.05, 0.1) is 6.04 Å². The molecule has 2 N–H and O–H groups in total. The molecule has 5 nitrogen and oxygen atoms in total. The van der Waals surface area contributed by atoms with Gasteiger partial charge in [-0.25, -0.2) is 0 Å². The number of amides is 1. The third kappa shape index (κ3) is 6.33. The number of ether oxygens (including phenoxy) is 1. The van der Waals surface area contributed by atoms with Crippen molar-refractivity contribution >= 4 is 17.5 Å². The van der Waals surface area contributed by atoms with Crippen LogP contribution in [0.15, 0.2) is 24.3 Å². The summed E-state index contributed by atoms with van der Waals surface area (Å²) >= 11 is 5.84. The molecule has 0 aliphatic carbocycles. The smallest absolute Gasteiger partial charge is 0.239 e. The van der Waals surface area contributed by atoms with Gasteiger partial charge in [0, 0.05) is 25.2 Å². The zero-order valence-corrected chi connectivity index (χ0v) is 13.4. The second-order valence-corrected chi connectivity index (χ2v) is 5.34. The fourth-order valence-electron chi connectivity index (χ4n) is 1.69. The third-order valence-electron chi connectivity index (χ3n) is 3.12. The first-order chi connectivity index (χ1) is 9.93. The van der Waals surface area contributed by atoms with E-state index in [1.54, 1.807) is 43.1 Å². The summed E-state index contributed by atoms with van der Waals surface area (Å²) in [4.78, 5) is 13.5. The molecule has 0 bridgehead atoms. The van der Waals surface area contributed by atoms with E-state index in [1.807, 2.05) is 6.92 Å². The number of aliphatic hydroxyl groups is 1. The van der Waals surface area contributed by atoms with Gasteiger partial charge in [-0.05, 0) is 32.0 Å². The average molecular weight is 315 g/mol. The lowest BCUT2D eigenvalue weighted by Crippen LogP contribution is -2.46. The summed E-state index contributed by atoms with van der Waals surface area (Å²) in [6, 6.07) is 6.65. The van der Waals surface area contributed by atoms with Gasteiger partial charge in [0.1, 0.15) is 18.5 Å². The molecule has 0 heterocycles. The van der Waals surface area contributed by atoms with Crippen molar-refractivity contribution in [2.75, 3.05) is 26.7 Å². The lowest BCUT2D eigenvalue weighted by Gasteiger charge is -2.22. The molecule has 1 amide bonds. The number of benzene rings is 1. The van der Waals surface area contributed by atoms with Crippen LogP contribution in [-0.2, 0) is 4.79 Å². The molecule has 2 unspecified atom stereocenters. The van der Waals surface area contributed by atoms with E-state index >= 15 is 0 Å². The highest BCUT2D eigenvalue weighted by Crippen LogP contribution is 2.17. The van der Waals surface area contributed by atoms with Crippen molar-refractivity contribution in [3.8, 4) is 5.75 Å². The highest BCUT2D eigenvalue weighted by Gasteiger charge is 2.17. The van der Waals surface area contributed by atoms with E-state index < -0.39 is 6.10 Å². The Balaban J connectivity index is 2.31. The topological polar surface area (TPSA) is 61.8 Å². The van der Waals surface area contributed by atoms with Crippen molar-refractivity contribution in [3.05, 3.63) is 29.3 Å². The van der Waals surface area contributed by atoms with Gasteiger partial charge in [0.25, 0.3) is 0 Å². The highest BCUT2D eigenvalue weighted by atomic mass is 35.5. The first-order valence-corrected chi connectivity index (χ1v) is 7.36. The number of hydrogen-bond acceptors (Lipinski definition) is 4. The van der Waals surface area contributed by atoms with Crippen LogP contribution in [0.4, 0.5) is 0 Å². The molecule has 0 aromatic heterocycles. The minimum absolute atomic E-state index is 0.000426. The van der Waals surface area contributed by atoms with E-state index in [9.17, 15) is 9.90 Å². The fourth-order valence-corrected chi connectivity index (χ4v) is 1.87. The van der Waals surface area contributed by atoms with Crippen molar-refractivity contribution in [2.24, 2.45) is 0 Å². The summed E-state index contributed by atoms with van der Waals surface area (Å²) < 4.78 is 5.44. The Labute approximate surface area is 130 Å². The molecule has 1 aromatic carbocycles. The van der Waals surface area contributed by atoms with Crippen molar-refractivity contribution in [1.82, 2.24) is 10.2 Å². The number of hydrogen-bond donors (Lipinski definition) is 2. The number of nitrogens with one attached hydrogen (secondary N) is 1. The molecule has 0 aliphatic rings. The average Bonchev–Trinajstić information content (AvgIpc) is 2.49. The molecule has 6 heteroatoms. The highest BCUT2D eigenvalue weighted by molar-refractivity contribution is 6.30. The zero-order chi connectivity index (χ0) is 15.8. The lowest BCUT2D eigenvalue weighted by molar-refractivity contribution is -0.131. The summed E-state index contributed by atoms with van der Waals surface area (Å²) in [7, 11) is 1.75. The molecule has 0 aliphatic heterocycles. The van der Waals surface area contributed by atoms with Crippen LogP contribution in [0.5, 0.6) is 5.75 Å². The number of nitrogens with zero attached hydrogens (tertiary/aromatic N) is 1. The number of carbonyl (C=O) groups excluding carboxylic acids is 1. The monoisotopic (exact) mass is 314 g/mol. The number of halogens is 1. The molecule has 0 saturated carbocycles. The van der Waals surface area contributed by atoms with Gasteiger partial charge in [0.2, 0.25) is 5.91 Å². The summed E-state index contributed by atoms with van der Waals surface area (Å²) in [5.41, 5.74) is 0.